The maximum Gasteiger partial charge on any atom is 0.263 e. The molecule has 0 unspecified atom stereocenters. The highest BCUT2D eigenvalue weighted by atomic mass is 19.2. The number of amides is 2. The van der Waals surface area contributed by atoms with E-state index in [1.54, 1.807) is 11.0 Å². The lowest BCUT2D eigenvalue weighted by Gasteiger charge is -2.15. The number of likely N-dealkylation sites (tertiary alicyclic amines) is 1. The van der Waals surface area contributed by atoms with Crippen LogP contribution in [0.25, 0.3) is 0 Å². The van der Waals surface area contributed by atoms with Crippen molar-refractivity contribution >= 4 is 17.5 Å². The Morgan fingerprint density at radius 1 is 1.31 bits per heavy atom. The highest BCUT2D eigenvalue weighted by Gasteiger charge is 2.19. The van der Waals surface area contributed by atoms with Crippen LogP contribution < -0.4 is 10.6 Å². The minimum Gasteiger partial charge on any atom is -0.358 e. The van der Waals surface area contributed by atoms with Gasteiger partial charge in [-0.25, -0.2) is 13.2 Å². The molecule has 0 aromatic heterocycles. The molecular formula is C17H17F3N4O2. The van der Waals surface area contributed by atoms with Crippen molar-refractivity contribution in [2.24, 2.45) is 0 Å². The second-order valence-corrected chi connectivity index (χ2v) is 5.63. The molecule has 0 saturated carbocycles. The van der Waals surface area contributed by atoms with Gasteiger partial charge in [0.15, 0.2) is 17.5 Å². The van der Waals surface area contributed by atoms with Crippen LogP contribution in [0.4, 0.5) is 18.9 Å². The number of carbonyl (C=O) groups is 2. The quantitative estimate of drug-likeness (QED) is 0.335. The maximum absolute atomic E-state index is 13.5. The summed E-state index contributed by atoms with van der Waals surface area (Å²) in [5.74, 6) is -5.05. The van der Waals surface area contributed by atoms with Crippen LogP contribution in [0.3, 0.4) is 0 Å². The number of hydrogen-bond acceptors (Lipinski definition) is 4. The number of hydrogen-bond donors (Lipinski definition) is 2. The highest BCUT2D eigenvalue weighted by molar-refractivity contribution is 5.97. The van der Waals surface area contributed by atoms with Gasteiger partial charge in [0.05, 0.1) is 5.69 Å². The normalized spacial score (nSPS) is 14.3. The molecule has 1 aromatic rings. The molecule has 1 aromatic carbocycles. The zero-order valence-electron chi connectivity index (χ0n) is 13.8. The van der Waals surface area contributed by atoms with Crippen LogP contribution in [0.5, 0.6) is 0 Å². The first-order chi connectivity index (χ1) is 12.4. The Bertz CT molecular complexity index is 774. The summed E-state index contributed by atoms with van der Waals surface area (Å²) in [6.45, 7) is 1.48. The fourth-order valence-electron chi connectivity index (χ4n) is 2.44. The zero-order valence-corrected chi connectivity index (χ0v) is 13.8. The van der Waals surface area contributed by atoms with E-state index in [1.807, 2.05) is 0 Å². The zero-order chi connectivity index (χ0) is 19.1. The van der Waals surface area contributed by atoms with Gasteiger partial charge in [-0.05, 0) is 25.0 Å². The van der Waals surface area contributed by atoms with Gasteiger partial charge < -0.3 is 15.5 Å². The summed E-state index contributed by atoms with van der Waals surface area (Å²) in [6.07, 6.45) is 2.81. The molecule has 1 aliphatic rings. The number of benzene rings is 1. The molecule has 1 saturated heterocycles. The number of nitriles is 1. The number of halogens is 3. The Kier molecular flexibility index (Phi) is 6.60. The molecule has 2 amide bonds. The van der Waals surface area contributed by atoms with Gasteiger partial charge in [0.25, 0.3) is 5.91 Å². The van der Waals surface area contributed by atoms with Crippen molar-refractivity contribution in [2.45, 2.75) is 19.3 Å². The van der Waals surface area contributed by atoms with Crippen LogP contribution in [-0.4, -0.2) is 36.3 Å². The van der Waals surface area contributed by atoms with Gasteiger partial charge in [-0.3, -0.25) is 9.59 Å². The van der Waals surface area contributed by atoms with Crippen molar-refractivity contribution in [3.8, 4) is 6.07 Å². The van der Waals surface area contributed by atoms with E-state index >= 15 is 0 Å². The molecule has 0 atom stereocenters. The van der Waals surface area contributed by atoms with E-state index in [0.717, 1.165) is 24.8 Å². The van der Waals surface area contributed by atoms with Crippen molar-refractivity contribution in [1.82, 2.24) is 10.2 Å². The van der Waals surface area contributed by atoms with E-state index in [0.29, 0.717) is 25.9 Å². The second kappa shape index (κ2) is 8.89. The van der Waals surface area contributed by atoms with Crippen LogP contribution >= 0.6 is 0 Å². The largest absolute Gasteiger partial charge is 0.358 e. The Labute approximate surface area is 148 Å². The monoisotopic (exact) mass is 366 g/mol. The average Bonchev–Trinajstić information content (AvgIpc) is 3.04. The third-order valence-corrected chi connectivity index (χ3v) is 3.83. The molecular weight excluding hydrogens is 349 g/mol. The summed E-state index contributed by atoms with van der Waals surface area (Å²) in [5, 5.41) is 13.8. The van der Waals surface area contributed by atoms with Gasteiger partial charge >= 0.3 is 0 Å². The first-order valence-corrected chi connectivity index (χ1v) is 8.00. The smallest absolute Gasteiger partial charge is 0.263 e. The van der Waals surface area contributed by atoms with Gasteiger partial charge in [0.1, 0.15) is 11.6 Å². The lowest BCUT2D eigenvalue weighted by molar-refractivity contribution is -0.127. The molecule has 2 N–H and O–H groups in total. The molecule has 138 valence electrons. The Morgan fingerprint density at radius 3 is 2.73 bits per heavy atom. The SMILES string of the molecule is N#C/C(=C/Nc1ccc(F)c(F)c1F)C(=O)NCCCN1CCCC1=O. The number of nitrogens with zero attached hydrogens (tertiary/aromatic N) is 2. The third-order valence-electron chi connectivity index (χ3n) is 3.83. The molecule has 1 heterocycles. The molecule has 0 aliphatic carbocycles. The summed E-state index contributed by atoms with van der Waals surface area (Å²) >= 11 is 0. The molecule has 26 heavy (non-hydrogen) atoms. The summed E-state index contributed by atoms with van der Waals surface area (Å²) in [7, 11) is 0. The summed E-state index contributed by atoms with van der Waals surface area (Å²) in [6, 6.07) is 3.31. The predicted molar refractivity (Wildman–Crippen MR) is 87.1 cm³/mol. The van der Waals surface area contributed by atoms with Gasteiger partial charge in [0, 0.05) is 32.3 Å². The van der Waals surface area contributed by atoms with Crippen molar-refractivity contribution in [3.63, 3.8) is 0 Å². The molecule has 9 heteroatoms. The standard InChI is InChI=1S/C17H17F3N4O2/c18-12-4-5-13(16(20)15(12)19)23-10-11(9-21)17(26)22-6-2-8-24-7-1-3-14(24)25/h4-5,10,23H,1-3,6-8H2,(H,22,26)/b11-10-. The highest BCUT2D eigenvalue weighted by Crippen LogP contribution is 2.19. The lowest BCUT2D eigenvalue weighted by atomic mass is 10.2. The summed E-state index contributed by atoms with van der Waals surface area (Å²) in [4.78, 5) is 25.1. The minimum atomic E-state index is -1.65. The van der Waals surface area contributed by atoms with Gasteiger partial charge in [-0.15, -0.1) is 0 Å². The van der Waals surface area contributed by atoms with Crippen LogP contribution in [0.15, 0.2) is 23.9 Å². The van der Waals surface area contributed by atoms with Crippen LogP contribution in [-0.2, 0) is 9.59 Å². The van der Waals surface area contributed by atoms with Crippen LogP contribution in [0.1, 0.15) is 19.3 Å². The Hall–Kier alpha value is -3.02. The molecule has 1 aliphatic heterocycles. The maximum atomic E-state index is 13.5. The number of rotatable bonds is 7. The van der Waals surface area contributed by atoms with E-state index in [4.69, 9.17) is 5.26 Å². The van der Waals surface area contributed by atoms with Crippen molar-refractivity contribution in [3.05, 3.63) is 41.4 Å². The Balaban J connectivity index is 1.86. The first-order valence-electron chi connectivity index (χ1n) is 8.00. The number of nitrogens with one attached hydrogen (secondary N) is 2. The predicted octanol–water partition coefficient (Wildman–Crippen LogP) is 2.05. The van der Waals surface area contributed by atoms with Crippen LogP contribution in [0.2, 0.25) is 0 Å². The van der Waals surface area contributed by atoms with E-state index < -0.39 is 29.0 Å². The van der Waals surface area contributed by atoms with Gasteiger partial charge in [-0.2, -0.15) is 5.26 Å². The molecule has 0 radical (unpaired) electrons. The molecule has 0 spiro atoms. The molecule has 0 bridgehead atoms. The topological polar surface area (TPSA) is 85.2 Å². The molecule has 2 rings (SSSR count). The van der Waals surface area contributed by atoms with Crippen molar-refractivity contribution in [2.75, 3.05) is 25.0 Å². The van der Waals surface area contributed by atoms with Crippen LogP contribution in [0, 0.1) is 28.8 Å². The number of anilines is 1. The molecule has 1 fully saturated rings. The fraction of sp³-hybridized carbons (Fsp3) is 0.353. The van der Waals surface area contributed by atoms with E-state index in [1.165, 1.54) is 0 Å². The summed E-state index contributed by atoms with van der Waals surface area (Å²) < 4.78 is 39.5. The fourth-order valence-corrected chi connectivity index (χ4v) is 2.44. The molecule has 6 nitrogen and oxygen atoms in total. The summed E-state index contributed by atoms with van der Waals surface area (Å²) in [5.41, 5.74) is -0.761. The van der Waals surface area contributed by atoms with Crippen molar-refractivity contribution in [1.29, 1.82) is 5.26 Å². The Morgan fingerprint density at radius 2 is 2.08 bits per heavy atom. The van der Waals surface area contributed by atoms with Gasteiger partial charge in [-0.1, -0.05) is 0 Å². The average molecular weight is 366 g/mol. The third kappa shape index (κ3) is 4.75. The van der Waals surface area contributed by atoms with Crippen molar-refractivity contribution < 1.29 is 22.8 Å². The first kappa shape index (κ1) is 19.3. The van der Waals surface area contributed by atoms with E-state index in [-0.39, 0.29) is 18.0 Å². The van der Waals surface area contributed by atoms with E-state index in [2.05, 4.69) is 10.6 Å². The lowest BCUT2D eigenvalue weighted by Crippen LogP contribution is -2.31. The second-order valence-electron chi connectivity index (χ2n) is 5.63. The minimum absolute atomic E-state index is 0.0895. The van der Waals surface area contributed by atoms with Gasteiger partial charge in [0.2, 0.25) is 5.91 Å². The van der Waals surface area contributed by atoms with E-state index in [9.17, 15) is 22.8 Å². The number of carbonyl (C=O) groups excluding carboxylic acids is 2.